The summed E-state index contributed by atoms with van der Waals surface area (Å²) in [7, 11) is 1.63. The number of benzene rings is 1. The maximum Gasteiger partial charge on any atom is 0.164 e. The quantitative estimate of drug-likeness (QED) is 0.763. The Morgan fingerprint density at radius 2 is 2.11 bits per heavy atom. The number of carbonyl (C=O) groups is 1. The van der Waals surface area contributed by atoms with E-state index in [4.69, 9.17) is 4.74 Å². The normalized spacial score (nSPS) is 20.2. The smallest absolute Gasteiger partial charge is 0.164 e. The van der Waals surface area contributed by atoms with Gasteiger partial charge < -0.3 is 9.64 Å². The third-order valence-corrected chi connectivity index (χ3v) is 3.81. The lowest BCUT2D eigenvalue weighted by Gasteiger charge is -2.30. The SMILES string of the molecule is COc1ccc(C(=O)CCN2CCC[C@H](C)C2)cc1. The van der Waals surface area contributed by atoms with Crippen molar-refractivity contribution in [2.24, 2.45) is 5.92 Å². The van der Waals surface area contributed by atoms with Crippen molar-refractivity contribution in [3.8, 4) is 5.75 Å². The van der Waals surface area contributed by atoms with E-state index in [2.05, 4.69) is 11.8 Å². The lowest BCUT2D eigenvalue weighted by Crippen LogP contribution is -2.35. The molecular weight excluding hydrogens is 238 g/mol. The van der Waals surface area contributed by atoms with Gasteiger partial charge >= 0.3 is 0 Å². The molecule has 1 saturated heterocycles. The number of ether oxygens (including phenoxy) is 1. The van der Waals surface area contributed by atoms with Crippen LogP contribution in [0, 0.1) is 5.92 Å². The molecule has 0 radical (unpaired) electrons. The number of likely N-dealkylation sites (tertiary alicyclic amines) is 1. The first-order chi connectivity index (χ1) is 9.19. The monoisotopic (exact) mass is 261 g/mol. The molecule has 0 N–H and O–H groups in total. The van der Waals surface area contributed by atoms with Gasteiger partial charge in [0, 0.05) is 25.1 Å². The number of hydrogen-bond donors (Lipinski definition) is 0. The largest absolute Gasteiger partial charge is 0.497 e. The second kappa shape index (κ2) is 6.71. The molecule has 1 fully saturated rings. The standard InChI is InChI=1S/C16H23NO2/c1-13-4-3-10-17(12-13)11-9-16(18)14-5-7-15(19-2)8-6-14/h5-8,13H,3-4,9-12H2,1-2H3/t13-/m0/s1. The van der Waals surface area contributed by atoms with Crippen LogP contribution in [0.25, 0.3) is 0 Å². The topological polar surface area (TPSA) is 29.5 Å². The summed E-state index contributed by atoms with van der Waals surface area (Å²) >= 11 is 0. The van der Waals surface area contributed by atoms with Crippen molar-refractivity contribution in [3.63, 3.8) is 0 Å². The third kappa shape index (κ3) is 4.06. The van der Waals surface area contributed by atoms with Crippen molar-refractivity contribution in [2.45, 2.75) is 26.2 Å². The van der Waals surface area contributed by atoms with E-state index in [-0.39, 0.29) is 5.78 Å². The van der Waals surface area contributed by atoms with Gasteiger partial charge in [-0.25, -0.2) is 0 Å². The minimum Gasteiger partial charge on any atom is -0.497 e. The number of piperidine rings is 1. The molecule has 1 aliphatic heterocycles. The van der Waals surface area contributed by atoms with Crippen molar-refractivity contribution in [3.05, 3.63) is 29.8 Å². The van der Waals surface area contributed by atoms with E-state index in [1.807, 2.05) is 24.3 Å². The summed E-state index contributed by atoms with van der Waals surface area (Å²) in [6, 6.07) is 7.38. The van der Waals surface area contributed by atoms with Gasteiger partial charge in [0.15, 0.2) is 5.78 Å². The van der Waals surface area contributed by atoms with Gasteiger partial charge in [0.05, 0.1) is 7.11 Å². The molecule has 0 spiro atoms. The van der Waals surface area contributed by atoms with Crippen LogP contribution >= 0.6 is 0 Å². The second-order valence-electron chi connectivity index (χ2n) is 5.45. The summed E-state index contributed by atoms with van der Waals surface area (Å²) < 4.78 is 5.10. The lowest BCUT2D eigenvalue weighted by molar-refractivity contribution is 0.0949. The zero-order valence-corrected chi connectivity index (χ0v) is 11.9. The van der Waals surface area contributed by atoms with E-state index in [0.717, 1.165) is 36.9 Å². The van der Waals surface area contributed by atoms with E-state index in [9.17, 15) is 4.79 Å². The van der Waals surface area contributed by atoms with Gasteiger partial charge in [-0.1, -0.05) is 6.92 Å². The van der Waals surface area contributed by atoms with E-state index < -0.39 is 0 Å². The van der Waals surface area contributed by atoms with Crippen LogP contribution in [0.5, 0.6) is 5.75 Å². The predicted octanol–water partition coefficient (Wildman–Crippen LogP) is 3.00. The van der Waals surface area contributed by atoms with Crippen molar-refractivity contribution in [1.82, 2.24) is 4.90 Å². The number of Topliss-reactive ketones (excluding diaryl/α,β-unsaturated/α-hetero) is 1. The summed E-state index contributed by atoms with van der Waals surface area (Å²) in [5.41, 5.74) is 0.783. The minimum absolute atomic E-state index is 0.223. The predicted molar refractivity (Wildman–Crippen MR) is 76.8 cm³/mol. The highest BCUT2D eigenvalue weighted by molar-refractivity contribution is 5.96. The van der Waals surface area contributed by atoms with Crippen LogP contribution < -0.4 is 4.74 Å². The highest BCUT2D eigenvalue weighted by atomic mass is 16.5. The summed E-state index contributed by atoms with van der Waals surface area (Å²) in [6.07, 6.45) is 3.19. The molecule has 0 unspecified atom stereocenters. The van der Waals surface area contributed by atoms with Crippen LogP contribution in [-0.2, 0) is 0 Å². The molecular formula is C16H23NO2. The fraction of sp³-hybridized carbons (Fsp3) is 0.562. The van der Waals surface area contributed by atoms with Crippen LogP contribution in [0.2, 0.25) is 0 Å². The molecule has 19 heavy (non-hydrogen) atoms. The summed E-state index contributed by atoms with van der Waals surface area (Å²) in [6.45, 7) is 5.45. The van der Waals surface area contributed by atoms with Gasteiger partial charge in [-0.2, -0.15) is 0 Å². The Bertz CT molecular complexity index is 413. The average molecular weight is 261 g/mol. The van der Waals surface area contributed by atoms with Gasteiger partial charge in [0.1, 0.15) is 5.75 Å². The molecule has 0 bridgehead atoms. The molecule has 2 rings (SSSR count). The Balaban J connectivity index is 1.83. The fourth-order valence-corrected chi connectivity index (χ4v) is 2.67. The Labute approximate surface area is 115 Å². The number of hydrogen-bond acceptors (Lipinski definition) is 3. The molecule has 1 atom stereocenters. The molecule has 0 amide bonds. The average Bonchev–Trinajstić information content (AvgIpc) is 2.45. The Kier molecular flexibility index (Phi) is 4.97. The van der Waals surface area contributed by atoms with Crippen LogP contribution in [0.4, 0.5) is 0 Å². The molecule has 1 heterocycles. The Morgan fingerprint density at radius 3 is 2.74 bits per heavy atom. The van der Waals surface area contributed by atoms with Gasteiger partial charge in [-0.15, -0.1) is 0 Å². The molecule has 0 aromatic heterocycles. The Morgan fingerprint density at radius 1 is 1.37 bits per heavy atom. The minimum atomic E-state index is 0.223. The highest BCUT2D eigenvalue weighted by Crippen LogP contribution is 2.17. The molecule has 3 nitrogen and oxygen atoms in total. The van der Waals surface area contributed by atoms with Crippen molar-refractivity contribution in [2.75, 3.05) is 26.7 Å². The van der Waals surface area contributed by atoms with E-state index in [1.54, 1.807) is 7.11 Å². The zero-order valence-electron chi connectivity index (χ0n) is 11.9. The first-order valence-corrected chi connectivity index (χ1v) is 7.08. The number of carbonyl (C=O) groups excluding carboxylic acids is 1. The van der Waals surface area contributed by atoms with E-state index in [1.165, 1.54) is 12.8 Å². The molecule has 1 aromatic rings. The first kappa shape index (κ1) is 14.1. The van der Waals surface area contributed by atoms with E-state index in [0.29, 0.717) is 6.42 Å². The second-order valence-corrected chi connectivity index (χ2v) is 5.45. The number of methoxy groups -OCH3 is 1. The molecule has 1 aromatic carbocycles. The van der Waals surface area contributed by atoms with Crippen molar-refractivity contribution in [1.29, 1.82) is 0 Å². The Hall–Kier alpha value is -1.35. The van der Waals surface area contributed by atoms with Crippen molar-refractivity contribution >= 4 is 5.78 Å². The van der Waals surface area contributed by atoms with Gasteiger partial charge in [0.25, 0.3) is 0 Å². The summed E-state index contributed by atoms with van der Waals surface area (Å²) in [5, 5.41) is 0. The van der Waals surface area contributed by atoms with Gasteiger partial charge in [0.2, 0.25) is 0 Å². The molecule has 0 aliphatic carbocycles. The van der Waals surface area contributed by atoms with Crippen molar-refractivity contribution < 1.29 is 9.53 Å². The maximum atomic E-state index is 12.1. The molecule has 104 valence electrons. The lowest BCUT2D eigenvalue weighted by atomic mass is 9.99. The third-order valence-electron chi connectivity index (χ3n) is 3.81. The highest BCUT2D eigenvalue weighted by Gasteiger charge is 2.17. The van der Waals surface area contributed by atoms with Crippen LogP contribution in [0.3, 0.4) is 0 Å². The molecule has 3 heteroatoms. The summed E-state index contributed by atoms with van der Waals surface area (Å²) in [5.74, 6) is 1.78. The van der Waals surface area contributed by atoms with Crippen LogP contribution in [0.15, 0.2) is 24.3 Å². The number of rotatable bonds is 5. The fourth-order valence-electron chi connectivity index (χ4n) is 2.67. The van der Waals surface area contributed by atoms with E-state index >= 15 is 0 Å². The summed E-state index contributed by atoms with van der Waals surface area (Å²) in [4.78, 5) is 14.5. The van der Waals surface area contributed by atoms with Gasteiger partial charge in [-0.05, 0) is 49.6 Å². The van der Waals surface area contributed by atoms with Gasteiger partial charge in [-0.3, -0.25) is 4.79 Å². The van der Waals surface area contributed by atoms with Crippen LogP contribution in [-0.4, -0.2) is 37.4 Å². The molecule has 0 saturated carbocycles. The van der Waals surface area contributed by atoms with Crippen LogP contribution in [0.1, 0.15) is 36.5 Å². The first-order valence-electron chi connectivity index (χ1n) is 7.08. The maximum absolute atomic E-state index is 12.1. The number of ketones is 1. The zero-order chi connectivity index (χ0) is 13.7. The number of nitrogens with zero attached hydrogens (tertiary/aromatic N) is 1. The molecule has 1 aliphatic rings.